The quantitative estimate of drug-likeness (QED) is 0.821. The highest BCUT2D eigenvalue weighted by molar-refractivity contribution is 6.03. The number of nitrogens with zero attached hydrogens (tertiary/aromatic N) is 1. The van der Waals surface area contributed by atoms with E-state index in [2.05, 4.69) is 10.6 Å². The van der Waals surface area contributed by atoms with Crippen molar-refractivity contribution in [2.75, 3.05) is 5.32 Å². The van der Waals surface area contributed by atoms with Crippen molar-refractivity contribution >= 4 is 17.5 Å². The van der Waals surface area contributed by atoms with Crippen molar-refractivity contribution in [3.63, 3.8) is 0 Å². The lowest BCUT2D eigenvalue weighted by Gasteiger charge is -2.11. The highest BCUT2D eigenvalue weighted by atomic mass is 16.2. The maximum atomic E-state index is 11.7. The average molecular weight is 271 g/mol. The molecule has 0 atom stereocenters. The lowest BCUT2D eigenvalue weighted by molar-refractivity contribution is -0.127. The van der Waals surface area contributed by atoms with Gasteiger partial charge < -0.3 is 10.6 Å². The maximum Gasteiger partial charge on any atom is 0.233 e. The van der Waals surface area contributed by atoms with Crippen LogP contribution in [0.15, 0.2) is 24.3 Å². The summed E-state index contributed by atoms with van der Waals surface area (Å²) in [5.74, 6) is -0.610. The number of carbonyl (C=O) groups excluding carboxylic acids is 2. The molecule has 0 heterocycles. The zero-order valence-electron chi connectivity index (χ0n) is 11.2. The number of nitrogens with one attached hydrogen (secondary N) is 2. The topological polar surface area (TPSA) is 82.0 Å². The van der Waals surface area contributed by atoms with Gasteiger partial charge in [0.15, 0.2) is 0 Å². The molecule has 1 saturated carbocycles. The lowest BCUT2D eigenvalue weighted by atomic mass is 10.2. The predicted molar refractivity (Wildman–Crippen MR) is 74.8 cm³/mol. The van der Waals surface area contributed by atoms with Crippen LogP contribution in [-0.4, -0.2) is 17.9 Å². The molecule has 0 radical (unpaired) electrons. The third-order valence-corrected chi connectivity index (χ3v) is 3.32. The largest absolute Gasteiger partial charge is 0.353 e. The van der Waals surface area contributed by atoms with Crippen LogP contribution in [-0.2, 0) is 9.59 Å². The third kappa shape index (κ3) is 4.09. The first-order valence-corrected chi connectivity index (χ1v) is 6.77. The summed E-state index contributed by atoms with van der Waals surface area (Å²) >= 11 is 0. The van der Waals surface area contributed by atoms with Gasteiger partial charge in [-0.05, 0) is 31.0 Å². The van der Waals surface area contributed by atoms with Crippen LogP contribution in [0.5, 0.6) is 0 Å². The lowest BCUT2D eigenvalue weighted by Crippen LogP contribution is -2.35. The second-order valence-corrected chi connectivity index (χ2v) is 4.97. The summed E-state index contributed by atoms with van der Waals surface area (Å²) in [4.78, 5) is 23.4. The summed E-state index contributed by atoms with van der Waals surface area (Å²) in [6.07, 6.45) is 4.08. The van der Waals surface area contributed by atoms with Gasteiger partial charge in [-0.1, -0.05) is 18.9 Å². The monoisotopic (exact) mass is 271 g/mol. The fraction of sp³-hybridized carbons (Fsp3) is 0.400. The van der Waals surface area contributed by atoms with Crippen LogP contribution in [0.2, 0.25) is 0 Å². The number of benzene rings is 1. The fourth-order valence-corrected chi connectivity index (χ4v) is 2.37. The number of hydrogen-bond acceptors (Lipinski definition) is 3. The smallest absolute Gasteiger partial charge is 0.233 e. The zero-order valence-corrected chi connectivity index (χ0v) is 11.2. The van der Waals surface area contributed by atoms with Gasteiger partial charge in [0, 0.05) is 11.7 Å². The Hall–Kier alpha value is -2.35. The summed E-state index contributed by atoms with van der Waals surface area (Å²) in [6.45, 7) is 0. The molecule has 2 N–H and O–H groups in total. The van der Waals surface area contributed by atoms with Gasteiger partial charge in [-0.25, -0.2) is 0 Å². The molecular formula is C15H17N3O2. The number of carbonyl (C=O) groups is 2. The highest BCUT2D eigenvalue weighted by Gasteiger charge is 2.18. The van der Waals surface area contributed by atoms with Crippen molar-refractivity contribution in [2.45, 2.75) is 38.1 Å². The number of hydrogen-bond donors (Lipinski definition) is 2. The number of amides is 2. The molecule has 0 spiro atoms. The Morgan fingerprint density at radius 2 is 2.00 bits per heavy atom. The van der Waals surface area contributed by atoms with E-state index in [4.69, 9.17) is 5.26 Å². The van der Waals surface area contributed by atoms with E-state index in [1.54, 1.807) is 24.3 Å². The molecule has 5 nitrogen and oxygen atoms in total. The van der Waals surface area contributed by atoms with E-state index < -0.39 is 0 Å². The third-order valence-electron chi connectivity index (χ3n) is 3.32. The van der Waals surface area contributed by atoms with Crippen LogP contribution in [0.4, 0.5) is 5.69 Å². The van der Waals surface area contributed by atoms with E-state index in [0.29, 0.717) is 11.3 Å². The summed E-state index contributed by atoms with van der Waals surface area (Å²) in [5, 5.41) is 14.3. The average Bonchev–Trinajstić information content (AvgIpc) is 2.91. The normalized spacial score (nSPS) is 14.6. The van der Waals surface area contributed by atoms with Crippen molar-refractivity contribution in [2.24, 2.45) is 0 Å². The summed E-state index contributed by atoms with van der Waals surface area (Å²) in [6, 6.07) is 8.83. The molecular weight excluding hydrogens is 254 g/mol. The van der Waals surface area contributed by atoms with E-state index in [0.717, 1.165) is 25.7 Å². The number of anilines is 1. The van der Waals surface area contributed by atoms with E-state index in [-0.39, 0.29) is 24.3 Å². The van der Waals surface area contributed by atoms with Gasteiger partial charge >= 0.3 is 0 Å². The van der Waals surface area contributed by atoms with Crippen molar-refractivity contribution in [3.05, 3.63) is 29.8 Å². The Kier molecular flexibility index (Phi) is 4.72. The van der Waals surface area contributed by atoms with E-state index in [1.807, 2.05) is 6.07 Å². The van der Waals surface area contributed by atoms with Crippen LogP contribution in [0.25, 0.3) is 0 Å². The minimum atomic E-state index is -0.365. The number of rotatable bonds is 4. The molecule has 2 amide bonds. The van der Waals surface area contributed by atoms with Crippen LogP contribution in [0.3, 0.4) is 0 Å². The standard InChI is InChI=1S/C15H17N3O2/c16-10-11-4-3-7-13(8-11)18-15(20)9-14(19)17-12-5-1-2-6-12/h3-4,7-8,12H,1-2,5-6,9H2,(H,17,19)(H,18,20). The summed E-state index contributed by atoms with van der Waals surface area (Å²) in [5.41, 5.74) is 1.00. The Labute approximate surface area is 118 Å². The van der Waals surface area contributed by atoms with E-state index in [1.165, 1.54) is 0 Å². The molecule has 0 unspecified atom stereocenters. The molecule has 20 heavy (non-hydrogen) atoms. The van der Waals surface area contributed by atoms with Gasteiger partial charge in [0.1, 0.15) is 6.42 Å². The number of nitriles is 1. The summed E-state index contributed by atoms with van der Waals surface area (Å²) < 4.78 is 0. The molecule has 1 aromatic carbocycles. The molecule has 1 aliphatic carbocycles. The van der Waals surface area contributed by atoms with Crippen molar-refractivity contribution in [1.29, 1.82) is 5.26 Å². The second kappa shape index (κ2) is 6.71. The van der Waals surface area contributed by atoms with E-state index >= 15 is 0 Å². The van der Waals surface area contributed by atoms with Gasteiger partial charge in [-0.3, -0.25) is 9.59 Å². The Bertz CT molecular complexity index is 542. The first-order valence-electron chi connectivity index (χ1n) is 6.77. The van der Waals surface area contributed by atoms with Gasteiger partial charge in [0.05, 0.1) is 11.6 Å². The Morgan fingerprint density at radius 3 is 2.70 bits per heavy atom. The SMILES string of the molecule is N#Cc1cccc(NC(=O)CC(=O)NC2CCCC2)c1. The first-order chi connectivity index (χ1) is 9.67. The minimum absolute atomic E-state index is 0.187. The Balaban J connectivity index is 1.82. The molecule has 0 bridgehead atoms. The van der Waals surface area contributed by atoms with E-state index in [9.17, 15) is 9.59 Å². The molecule has 2 rings (SSSR count). The Morgan fingerprint density at radius 1 is 1.25 bits per heavy atom. The van der Waals surface area contributed by atoms with Gasteiger partial charge in [-0.15, -0.1) is 0 Å². The highest BCUT2D eigenvalue weighted by Crippen LogP contribution is 2.17. The molecule has 1 fully saturated rings. The first kappa shape index (κ1) is 14.1. The van der Waals surface area contributed by atoms with Crippen LogP contribution in [0, 0.1) is 11.3 Å². The second-order valence-electron chi connectivity index (χ2n) is 4.97. The zero-order chi connectivity index (χ0) is 14.4. The predicted octanol–water partition coefficient (Wildman–Crippen LogP) is 1.95. The molecule has 1 aromatic rings. The van der Waals surface area contributed by atoms with Crippen LogP contribution in [0.1, 0.15) is 37.7 Å². The maximum absolute atomic E-state index is 11.7. The van der Waals surface area contributed by atoms with Crippen LogP contribution >= 0.6 is 0 Å². The molecule has 0 aliphatic heterocycles. The van der Waals surface area contributed by atoms with Crippen molar-refractivity contribution in [3.8, 4) is 6.07 Å². The fourth-order valence-electron chi connectivity index (χ4n) is 2.37. The van der Waals surface area contributed by atoms with Crippen molar-refractivity contribution in [1.82, 2.24) is 5.32 Å². The van der Waals surface area contributed by atoms with Gasteiger partial charge in [0.25, 0.3) is 0 Å². The summed E-state index contributed by atoms with van der Waals surface area (Å²) in [7, 11) is 0. The molecule has 5 heteroatoms. The minimum Gasteiger partial charge on any atom is -0.353 e. The molecule has 0 aromatic heterocycles. The molecule has 1 aliphatic rings. The molecule has 104 valence electrons. The molecule has 0 saturated heterocycles. The van der Waals surface area contributed by atoms with Crippen LogP contribution < -0.4 is 10.6 Å². The van der Waals surface area contributed by atoms with Crippen molar-refractivity contribution < 1.29 is 9.59 Å². The van der Waals surface area contributed by atoms with Gasteiger partial charge in [0.2, 0.25) is 11.8 Å². The van der Waals surface area contributed by atoms with Gasteiger partial charge in [-0.2, -0.15) is 5.26 Å².